The van der Waals surface area contributed by atoms with Crippen LogP contribution >= 0.6 is 0 Å². The Hall–Kier alpha value is -4.39. The minimum absolute atomic E-state index is 0.00617. The van der Waals surface area contributed by atoms with Crippen LogP contribution in [0.15, 0.2) is 72.3 Å². The summed E-state index contributed by atoms with van der Waals surface area (Å²) in [6.07, 6.45) is 0. The molecule has 1 unspecified atom stereocenters. The first-order chi connectivity index (χ1) is 17.3. The van der Waals surface area contributed by atoms with Crippen molar-refractivity contribution in [3.05, 3.63) is 100 Å². The smallest absolute Gasteiger partial charge is 0.338 e. The van der Waals surface area contributed by atoms with Crippen LogP contribution in [-0.2, 0) is 14.3 Å². The molecule has 0 radical (unpaired) electrons. The Bertz CT molecular complexity index is 1370. The lowest BCUT2D eigenvalue weighted by Crippen LogP contribution is -2.29. The fourth-order valence-electron chi connectivity index (χ4n) is 4.40. The summed E-state index contributed by atoms with van der Waals surface area (Å²) in [6.45, 7) is 5.67. The molecule has 3 aromatic carbocycles. The van der Waals surface area contributed by atoms with Crippen molar-refractivity contribution in [2.45, 2.75) is 26.8 Å². The SMILES string of the molecule is CCOC(=O)c1ccc(N2C(=O)C(=O)/C(=C(\O)c3ccc(OC)cc3C)C2c2cccc(C)c2)cc1. The summed E-state index contributed by atoms with van der Waals surface area (Å²) < 4.78 is 10.3. The van der Waals surface area contributed by atoms with E-state index in [0.717, 1.165) is 5.56 Å². The van der Waals surface area contributed by atoms with Gasteiger partial charge in [-0.15, -0.1) is 0 Å². The number of methoxy groups -OCH3 is 1. The lowest BCUT2D eigenvalue weighted by molar-refractivity contribution is -0.132. The van der Waals surface area contributed by atoms with E-state index in [1.54, 1.807) is 63.4 Å². The van der Waals surface area contributed by atoms with Crippen LogP contribution in [0, 0.1) is 13.8 Å². The van der Waals surface area contributed by atoms with Gasteiger partial charge in [0.05, 0.1) is 30.9 Å². The van der Waals surface area contributed by atoms with E-state index in [4.69, 9.17) is 9.47 Å². The van der Waals surface area contributed by atoms with E-state index in [2.05, 4.69) is 0 Å². The maximum Gasteiger partial charge on any atom is 0.338 e. The zero-order chi connectivity index (χ0) is 26.0. The number of aryl methyl sites for hydroxylation is 2. The van der Waals surface area contributed by atoms with Crippen molar-refractivity contribution in [3.8, 4) is 5.75 Å². The summed E-state index contributed by atoms with van der Waals surface area (Å²) in [6, 6.07) is 18.0. The van der Waals surface area contributed by atoms with Crippen LogP contribution in [0.2, 0.25) is 0 Å². The Labute approximate surface area is 209 Å². The summed E-state index contributed by atoms with van der Waals surface area (Å²) in [5.74, 6) is -1.68. The molecule has 1 fully saturated rings. The average molecular weight is 486 g/mol. The molecule has 7 nitrogen and oxygen atoms in total. The molecule has 0 saturated carbocycles. The van der Waals surface area contributed by atoms with Crippen molar-refractivity contribution in [1.29, 1.82) is 0 Å². The summed E-state index contributed by atoms with van der Waals surface area (Å²) in [7, 11) is 1.55. The Morgan fingerprint density at radius 1 is 1.00 bits per heavy atom. The zero-order valence-corrected chi connectivity index (χ0v) is 20.6. The van der Waals surface area contributed by atoms with Crippen LogP contribution in [-0.4, -0.2) is 36.5 Å². The van der Waals surface area contributed by atoms with Gasteiger partial charge in [-0.05, 0) is 74.4 Å². The highest BCUT2D eigenvalue weighted by atomic mass is 16.5. The second-order valence-corrected chi connectivity index (χ2v) is 8.53. The van der Waals surface area contributed by atoms with E-state index in [9.17, 15) is 19.5 Å². The van der Waals surface area contributed by atoms with E-state index >= 15 is 0 Å². The molecule has 1 atom stereocenters. The number of ether oxygens (including phenoxy) is 2. The molecule has 0 spiro atoms. The summed E-state index contributed by atoms with van der Waals surface area (Å²) in [5, 5.41) is 11.4. The van der Waals surface area contributed by atoms with Gasteiger partial charge in [0.25, 0.3) is 11.7 Å². The van der Waals surface area contributed by atoms with Gasteiger partial charge in [-0.2, -0.15) is 0 Å². The molecule has 3 aromatic rings. The molecular weight excluding hydrogens is 458 g/mol. The molecule has 4 rings (SSSR count). The van der Waals surface area contributed by atoms with Gasteiger partial charge in [0.2, 0.25) is 0 Å². The van der Waals surface area contributed by atoms with Crippen molar-refractivity contribution in [2.75, 3.05) is 18.6 Å². The topological polar surface area (TPSA) is 93.1 Å². The van der Waals surface area contributed by atoms with Crippen LogP contribution < -0.4 is 9.64 Å². The molecule has 1 amide bonds. The maximum absolute atomic E-state index is 13.4. The van der Waals surface area contributed by atoms with Crippen molar-refractivity contribution in [1.82, 2.24) is 0 Å². The first kappa shape index (κ1) is 24.7. The average Bonchev–Trinajstić information content (AvgIpc) is 3.14. The zero-order valence-electron chi connectivity index (χ0n) is 20.6. The van der Waals surface area contributed by atoms with Gasteiger partial charge < -0.3 is 14.6 Å². The number of ketones is 1. The number of hydrogen-bond acceptors (Lipinski definition) is 6. The second kappa shape index (κ2) is 10.1. The number of carbonyl (C=O) groups is 3. The summed E-state index contributed by atoms with van der Waals surface area (Å²) in [4.78, 5) is 40.2. The van der Waals surface area contributed by atoms with E-state index in [0.29, 0.717) is 33.7 Å². The number of hydrogen-bond donors (Lipinski definition) is 1. The van der Waals surface area contributed by atoms with Crippen LogP contribution in [0.1, 0.15) is 45.6 Å². The van der Waals surface area contributed by atoms with E-state index in [-0.39, 0.29) is 17.9 Å². The largest absolute Gasteiger partial charge is 0.507 e. The molecule has 0 aliphatic carbocycles. The van der Waals surface area contributed by atoms with Crippen LogP contribution in [0.3, 0.4) is 0 Å². The molecule has 7 heteroatoms. The molecule has 0 bridgehead atoms. The van der Waals surface area contributed by atoms with Crippen molar-refractivity contribution in [2.24, 2.45) is 0 Å². The minimum Gasteiger partial charge on any atom is -0.507 e. The second-order valence-electron chi connectivity index (χ2n) is 8.53. The lowest BCUT2D eigenvalue weighted by Gasteiger charge is -2.26. The molecule has 1 N–H and O–H groups in total. The Morgan fingerprint density at radius 2 is 1.72 bits per heavy atom. The molecule has 184 valence electrons. The number of aliphatic hydroxyl groups excluding tert-OH is 1. The van der Waals surface area contributed by atoms with Crippen LogP contribution in [0.25, 0.3) is 5.76 Å². The number of benzene rings is 3. The van der Waals surface area contributed by atoms with Crippen LogP contribution in [0.4, 0.5) is 5.69 Å². The molecule has 36 heavy (non-hydrogen) atoms. The number of anilines is 1. The molecular formula is C29H27NO6. The van der Waals surface area contributed by atoms with Crippen molar-refractivity contribution < 1.29 is 29.0 Å². The summed E-state index contributed by atoms with van der Waals surface area (Å²) in [5.41, 5.74) is 3.49. The fraction of sp³-hybridized carbons (Fsp3) is 0.207. The number of nitrogens with zero attached hydrogens (tertiary/aromatic N) is 1. The van der Waals surface area contributed by atoms with Gasteiger partial charge in [-0.3, -0.25) is 14.5 Å². The highest BCUT2D eigenvalue weighted by Crippen LogP contribution is 2.43. The van der Waals surface area contributed by atoms with Gasteiger partial charge in [-0.1, -0.05) is 29.8 Å². The van der Waals surface area contributed by atoms with E-state index in [1.165, 1.54) is 4.90 Å². The monoisotopic (exact) mass is 485 g/mol. The minimum atomic E-state index is -0.861. The maximum atomic E-state index is 13.4. The molecule has 1 saturated heterocycles. The molecule has 1 aliphatic heterocycles. The van der Waals surface area contributed by atoms with E-state index in [1.807, 2.05) is 31.2 Å². The first-order valence-corrected chi connectivity index (χ1v) is 11.6. The van der Waals surface area contributed by atoms with E-state index < -0.39 is 23.7 Å². The van der Waals surface area contributed by atoms with Crippen molar-refractivity contribution in [3.63, 3.8) is 0 Å². The van der Waals surface area contributed by atoms with Gasteiger partial charge in [0.1, 0.15) is 11.5 Å². The molecule has 1 aliphatic rings. The van der Waals surface area contributed by atoms with Crippen molar-refractivity contribution >= 4 is 29.1 Å². The third kappa shape index (κ3) is 4.47. The van der Waals surface area contributed by atoms with Gasteiger partial charge in [-0.25, -0.2) is 4.79 Å². The fourth-order valence-corrected chi connectivity index (χ4v) is 4.40. The first-order valence-electron chi connectivity index (χ1n) is 11.6. The normalized spacial score (nSPS) is 16.8. The number of esters is 1. The number of carbonyl (C=O) groups excluding carboxylic acids is 3. The standard InChI is InChI=1S/C29H27NO6/c1-5-36-29(34)19-9-11-21(12-10-19)30-25(20-8-6-7-17(2)15-20)24(27(32)28(30)33)26(31)23-14-13-22(35-4)16-18(23)3/h6-16,25,31H,5H2,1-4H3/b26-24-. The lowest BCUT2D eigenvalue weighted by atomic mass is 9.93. The highest BCUT2D eigenvalue weighted by Gasteiger charge is 2.47. The molecule has 1 heterocycles. The number of rotatable bonds is 6. The highest BCUT2D eigenvalue weighted by molar-refractivity contribution is 6.51. The number of amides is 1. The Balaban J connectivity index is 1.88. The number of aliphatic hydroxyl groups is 1. The number of Topliss-reactive ketones (excluding diaryl/α,β-unsaturated/α-hetero) is 1. The third-order valence-electron chi connectivity index (χ3n) is 6.15. The predicted molar refractivity (Wildman–Crippen MR) is 136 cm³/mol. The molecule has 0 aromatic heterocycles. The van der Waals surface area contributed by atoms with Crippen LogP contribution in [0.5, 0.6) is 5.75 Å². The third-order valence-corrected chi connectivity index (χ3v) is 6.15. The summed E-state index contributed by atoms with van der Waals surface area (Å²) >= 11 is 0. The Kier molecular flexibility index (Phi) is 6.92. The van der Waals surface area contributed by atoms with Gasteiger partial charge in [0, 0.05) is 11.3 Å². The predicted octanol–water partition coefficient (Wildman–Crippen LogP) is 5.12. The van der Waals surface area contributed by atoms with Gasteiger partial charge in [0.15, 0.2) is 0 Å². The quantitative estimate of drug-likeness (QED) is 0.226. The van der Waals surface area contributed by atoms with Gasteiger partial charge >= 0.3 is 5.97 Å². The Morgan fingerprint density at radius 3 is 2.33 bits per heavy atom.